The predicted molar refractivity (Wildman–Crippen MR) is 92.5 cm³/mol. The van der Waals surface area contributed by atoms with Gasteiger partial charge in [0.25, 0.3) is 10.2 Å². The van der Waals surface area contributed by atoms with Gasteiger partial charge >= 0.3 is 0 Å². The summed E-state index contributed by atoms with van der Waals surface area (Å²) in [4.78, 5) is 14.8. The summed E-state index contributed by atoms with van der Waals surface area (Å²) in [5.74, 6) is -0.151. The zero-order valence-corrected chi connectivity index (χ0v) is 15.1. The second-order valence-corrected chi connectivity index (χ2v) is 8.91. The van der Waals surface area contributed by atoms with Gasteiger partial charge in [0.05, 0.1) is 5.92 Å². The third kappa shape index (κ3) is 3.34. The highest BCUT2D eigenvalue weighted by molar-refractivity contribution is 7.86. The fourth-order valence-electron chi connectivity index (χ4n) is 3.53. The minimum absolute atomic E-state index is 0.0863. The fraction of sp³-hybridized carbons (Fsp3) is 0.588. The van der Waals surface area contributed by atoms with E-state index in [9.17, 15) is 13.2 Å². The Bertz CT molecular complexity index is 718. The highest BCUT2D eigenvalue weighted by Crippen LogP contribution is 2.25. The maximum Gasteiger partial charge on any atom is 0.281 e. The molecule has 2 aliphatic rings. The molecule has 3 rings (SSSR count). The van der Waals surface area contributed by atoms with Crippen LogP contribution in [0.1, 0.15) is 24.0 Å². The molecule has 24 heavy (non-hydrogen) atoms. The molecule has 1 amide bonds. The van der Waals surface area contributed by atoms with Crippen LogP contribution in [0.25, 0.3) is 0 Å². The van der Waals surface area contributed by atoms with Gasteiger partial charge in [-0.05, 0) is 30.4 Å². The maximum absolute atomic E-state index is 12.9. The summed E-state index contributed by atoms with van der Waals surface area (Å²) in [5, 5.41) is 0. The second-order valence-electron chi connectivity index (χ2n) is 6.77. The van der Waals surface area contributed by atoms with Crippen molar-refractivity contribution in [3.63, 3.8) is 0 Å². The van der Waals surface area contributed by atoms with Crippen LogP contribution in [0.15, 0.2) is 24.3 Å². The molecule has 0 spiro atoms. The van der Waals surface area contributed by atoms with E-state index in [1.165, 1.54) is 33.8 Å². The van der Waals surface area contributed by atoms with Gasteiger partial charge in [-0.15, -0.1) is 0 Å². The van der Waals surface area contributed by atoms with Crippen molar-refractivity contribution in [1.29, 1.82) is 0 Å². The van der Waals surface area contributed by atoms with Crippen molar-refractivity contribution in [3.8, 4) is 0 Å². The molecule has 2 heterocycles. The molecule has 0 unspecified atom stereocenters. The maximum atomic E-state index is 12.9. The molecule has 1 atom stereocenters. The Kier molecular flexibility index (Phi) is 4.94. The predicted octanol–water partition coefficient (Wildman–Crippen LogP) is 1.09. The Morgan fingerprint density at radius 3 is 2.58 bits per heavy atom. The molecule has 0 radical (unpaired) electrons. The largest absolute Gasteiger partial charge is 0.338 e. The van der Waals surface area contributed by atoms with E-state index in [1.807, 2.05) is 17.0 Å². The molecule has 2 aliphatic heterocycles. The van der Waals surface area contributed by atoms with Crippen molar-refractivity contribution in [2.75, 3.05) is 33.7 Å². The Balaban J connectivity index is 1.70. The molecule has 1 aromatic carbocycles. The van der Waals surface area contributed by atoms with Gasteiger partial charge in [-0.25, -0.2) is 0 Å². The Morgan fingerprint density at radius 1 is 1.17 bits per heavy atom. The summed E-state index contributed by atoms with van der Waals surface area (Å²) in [5.41, 5.74) is 2.51. The van der Waals surface area contributed by atoms with Crippen molar-refractivity contribution < 1.29 is 13.2 Å². The van der Waals surface area contributed by atoms with E-state index in [2.05, 4.69) is 12.1 Å². The molecular weight excluding hydrogens is 326 g/mol. The third-order valence-corrected chi connectivity index (χ3v) is 6.87. The lowest BCUT2D eigenvalue weighted by atomic mass is 9.95. The average molecular weight is 351 g/mol. The van der Waals surface area contributed by atoms with E-state index >= 15 is 0 Å². The van der Waals surface area contributed by atoms with Crippen LogP contribution in [-0.2, 0) is 28.0 Å². The molecule has 132 valence electrons. The number of nitrogens with zero attached hydrogens (tertiary/aromatic N) is 3. The van der Waals surface area contributed by atoms with Crippen molar-refractivity contribution in [3.05, 3.63) is 35.4 Å². The average Bonchev–Trinajstić information content (AvgIpc) is 2.60. The van der Waals surface area contributed by atoms with Gasteiger partial charge in [0.15, 0.2) is 0 Å². The fourth-order valence-corrected chi connectivity index (χ4v) is 4.72. The Hall–Kier alpha value is -1.44. The van der Waals surface area contributed by atoms with Gasteiger partial charge in [-0.2, -0.15) is 17.0 Å². The number of hydrogen-bond acceptors (Lipinski definition) is 3. The summed E-state index contributed by atoms with van der Waals surface area (Å²) < 4.78 is 27.3. The van der Waals surface area contributed by atoms with Crippen LogP contribution in [0.4, 0.5) is 0 Å². The normalized spacial score (nSPS) is 22.5. The molecule has 0 N–H and O–H groups in total. The minimum Gasteiger partial charge on any atom is -0.338 e. The standard InChI is InChI=1S/C17H25N3O3S/c1-18(2)24(22,23)20-10-5-8-16(13-20)17(21)19-11-9-14-6-3-4-7-15(14)12-19/h3-4,6-7,16H,5,8-13H2,1-2H3/t16-/m1/s1. The molecule has 0 aromatic heterocycles. The summed E-state index contributed by atoms with van der Waals surface area (Å²) in [7, 11) is -0.390. The number of carbonyl (C=O) groups is 1. The molecule has 1 saturated heterocycles. The zero-order valence-electron chi connectivity index (χ0n) is 14.3. The summed E-state index contributed by atoms with van der Waals surface area (Å²) in [6, 6.07) is 8.21. The lowest BCUT2D eigenvalue weighted by Crippen LogP contribution is -2.50. The molecule has 1 aromatic rings. The van der Waals surface area contributed by atoms with Gasteiger partial charge in [-0.3, -0.25) is 4.79 Å². The highest BCUT2D eigenvalue weighted by atomic mass is 32.2. The number of rotatable bonds is 3. The second kappa shape index (κ2) is 6.82. The van der Waals surface area contributed by atoms with Crippen LogP contribution >= 0.6 is 0 Å². The van der Waals surface area contributed by atoms with Crippen LogP contribution < -0.4 is 0 Å². The zero-order chi connectivity index (χ0) is 17.3. The third-order valence-electron chi connectivity index (χ3n) is 4.96. The number of amides is 1. The first-order valence-electron chi connectivity index (χ1n) is 8.43. The summed E-state index contributed by atoms with van der Waals surface area (Å²) in [6.07, 6.45) is 2.36. The SMILES string of the molecule is CN(C)S(=O)(=O)N1CCC[C@@H](C(=O)N2CCc3ccccc3C2)C1. The first-order valence-corrected chi connectivity index (χ1v) is 9.82. The van der Waals surface area contributed by atoms with E-state index in [0.29, 0.717) is 19.6 Å². The number of benzene rings is 1. The van der Waals surface area contributed by atoms with Crippen molar-refractivity contribution in [2.45, 2.75) is 25.8 Å². The quantitative estimate of drug-likeness (QED) is 0.819. The molecule has 0 saturated carbocycles. The number of fused-ring (bicyclic) bond motifs is 1. The molecule has 0 aliphatic carbocycles. The van der Waals surface area contributed by atoms with Crippen LogP contribution in [0.2, 0.25) is 0 Å². The van der Waals surface area contributed by atoms with E-state index in [0.717, 1.165) is 19.3 Å². The smallest absolute Gasteiger partial charge is 0.281 e. The molecule has 1 fully saturated rings. The highest BCUT2D eigenvalue weighted by Gasteiger charge is 2.35. The lowest BCUT2D eigenvalue weighted by molar-refractivity contribution is -0.137. The topological polar surface area (TPSA) is 60.9 Å². The van der Waals surface area contributed by atoms with Crippen LogP contribution in [0.5, 0.6) is 0 Å². The van der Waals surface area contributed by atoms with Crippen LogP contribution in [0, 0.1) is 5.92 Å². The minimum atomic E-state index is -3.45. The van der Waals surface area contributed by atoms with E-state index in [1.54, 1.807) is 0 Å². The Labute approximate surface area is 144 Å². The first kappa shape index (κ1) is 17.4. The monoisotopic (exact) mass is 351 g/mol. The molecule has 0 bridgehead atoms. The summed E-state index contributed by atoms with van der Waals surface area (Å²) >= 11 is 0. The van der Waals surface area contributed by atoms with Gasteiger partial charge in [0.2, 0.25) is 5.91 Å². The van der Waals surface area contributed by atoms with E-state index in [-0.39, 0.29) is 18.4 Å². The van der Waals surface area contributed by atoms with Gasteiger partial charge in [0, 0.05) is 40.3 Å². The van der Waals surface area contributed by atoms with Crippen LogP contribution in [0.3, 0.4) is 0 Å². The first-order chi connectivity index (χ1) is 11.4. The number of carbonyl (C=O) groups excluding carboxylic acids is 1. The number of hydrogen-bond donors (Lipinski definition) is 0. The van der Waals surface area contributed by atoms with E-state index < -0.39 is 10.2 Å². The molecular formula is C17H25N3O3S. The van der Waals surface area contributed by atoms with Gasteiger partial charge < -0.3 is 4.90 Å². The van der Waals surface area contributed by atoms with Crippen molar-refractivity contribution in [2.24, 2.45) is 5.92 Å². The molecule has 6 nitrogen and oxygen atoms in total. The van der Waals surface area contributed by atoms with Crippen molar-refractivity contribution in [1.82, 2.24) is 13.5 Å². The number of piperidine rings is 1. The van der Waals surface area contributed by atoms with Crippen molar-refractivity contribution >= 4 is 16.1 Å². The van der Waals surface area contributed by atoms with E-state index in [4.69, 9.17) is 0 Å². The lowest BCUT2D eigenvalue weighted by Gasteiger charge is -2.36. The van der Waals surface area contributed by atoms with Gasteiger partial charge in [0.1, 0.15) is 0 Å². The van der Waals surface area contributed by atoms with Gasteiger partial charge in [-0.1, -0.05) is 24.3 Å². The molecule has 7 heteroatoms. The van der Waals surface area contributed by atoms with Crippen LogP contribution in [-0.4, -0.2) is 61.6 Å². The summed E-state index contributed by atoms with van der Waals surface area (Å²) in [6.45, 7) is 2.13. The Morgan fingerprint density at radius 2 is 1.88 bits per heavy atom.